The maximum absolute atomic E-state index is 12.4. The van der Waals surface area contributed by atoms with Gasteiger partial charge in [0.05, 0.1) is 22.0 Å². The Morgan fingerprint density at radius 1 is 1.12 bits per heavy atom. The Morgan fingerprint density at radius 2 is 1.84 bits per heavy atom. The standard InChI is InChI=1S/C17H17ClN4O2S/c1-12(2)25(23,24)14-10-16(18)20-17(11-14)21-22-15(8-9-19-22)13-6-4-3-5-7-13/h3-12H,1-2H3,(H,20,21). The summed E-state index contributed by atoms with van der Waals surface area (Å²) in [7, 11) is -3.46. The van der Waals surface area contributed by atoms with Crippen LogP contribution in [-0.2, 0) is 9.84 Å². The lowest BCUT2D eigenvalue weighted by atomic mass is 10.2. The molecule has 0 spiro atoms. The number of hydrogen-bond donors (Lipinski definition) is 1. The molecule has 0 amide bonds. The number of benzene rings is 1. The van der Waals surface area contributed by atoms with Gasteiger partial charge in [0.15, 0.2) is 9.84 Å². The predicted octanol–water partition coefficient (Wildman–Crippen LogP) is 3.66. The summed E-state index contributed by atoms with van der Waals surface area (Å²) in [4.78, 5) is 5.80. The van der Waals surface area contributed by atoms with E-state index in [0.29, 0.717) is 5.82 Å². The highest BCUT2D eigenvalue weighted by Crippen LogP contribution is 2.24. The van der Waals surface area contributed by atoms with Crippen LogP contribution in [0.15, 0.2) is 59.6 Å². The topological polar surface area (TPSA) is 76.9 Å². The summed E-state index contributed by atoms with van der Waals surface area (Å²) >= 11 is 6.01. The summed E-state index contributed by atoms with van der Waals surface area (Å²) in [6, 6.07) is 14.3. The van der Waals surface area contributed by atoms with Crippen molar-refractivity contribution in [3.8, 4) is 11.3 Å². The van der Waals surface area contributed by atoms with Crippen LogP contribution in [0.2, 0.25) is 5.15 Å². The average molecular weight is 377 g/mol. The van der Waals surface area contributed by atoms with Crippen LogP contribution in [0, 0.1) is 0 Å². The molecule has 0 aliphatic carbocycles. The average Bonchev–Trinajstić information content (AvgIpc) is 3.03. The number of sulfone groups is 1. The molecule has 1 aromatic carbocycles. The lowest BCUT2D eigenvalue weighted by molar-refractivity contribution is 0.587. The number of nitrogens with zero attached hydrogens (tertiary/aromatic N) is 3. The summed E-state index contributed by atoms with van der Waals surface area (Å²) in [5.41, 5.74) is 4.77. The number of anilines is 1. The van der Waals surface area contributed by atoms with Crippen molar-refractivity contribution >= 4 is 27.3 Å². The predicted molar refractivity (Wildman–Crippen MR) is 98.3 cm³/mol. The minimum atomic E-state index is -3.46. The van der Waals surface area contributed by atoms with E-state index >= 15 is 0 Å². The van der Waals surface area contributed by atoms with E-state index in [1.54, 1.807) is 20.0 Å². The number of aromatic nitrogens is 3. The van der Waals surface area contributed by atoms with Crippen LogP contribution in [0.5, 0.6) is 0 Å². The van der Waals surface area contributed by atoms with Crippen molar-refractivity contribution < 1.29 is 8.42 Å². The van der Waals surface area contributed by atoms with Gasteiger partial charge >= 0.3 is 0 Å². The van der Waals surface area contributed by atoms with Crippen molar-refractivity contribution in [3.63, 3.8) is 0 Å². The Morgan fingerprint density at radius 3 is 2.52 bits per heavy atom. The van der Waals surface area contributed by atoms with Crippen LogP contribution in [0.4, 0.5) is 5.82 Å². The molecule has 130 valence electrons. The lowest BCUT2D eigenvalue weighted by Gasteiger charge is -2.13. The molecule has 0 aliphatic rings. The van der Waals surface area contributed by atoms with E-state index < -0.39 is 15.1 Å². The van der Waals surface area contributed by atoms with Crippen LogP contribution in [0.25, 0.3) is 11.3 Å². The van der Waals surface area contributed by atoms with Gasteiger partial charge in [-0.15, -0.1) is 0 Å². The van der Waals surface area contributed by atoms with Gasteiger partial charge in [0.25, 0.3) is 0 Å². The molecule has 3 rings (SSSR count). The molecule has 0 aliphatic heterocycles. The van der Waals surface area contributed by atoms with E-state index in [1.807, 2.05) is 36.4 Å². The molecule has 3 aromatic rings. The molecule has 0 unspecified atom stereocenters. The zero-order valence-electron chi connectivity index (χ0n) is 13.7. The molecule has 0 radical (unpaired) electrons. The third-order valence-electron chi connectivity index (χ3n) is 3.65. The number of nitrogens with one attached hydrogen (secondary N) is 1. The first-order valence-corrected chi connectivity index (χ1v) is 9.58. The second-order valence-corrected chi connectivity index (χ2v) is 8.60. The number of pyridine rings is 1. The molecule has 0 bridgehead atoms. The first-order chi connectivity index (χ1) is 11.9. The summed E-state index contributed by atoms with van der Waals surface area (Å²) in [5, 5.41) is 3.76. The second-order valence-electron chi connectivity index (χ2n) is 5.71. The maximum atomic E-state index is 12.4. The zero-order chi connectivity index (χ0) is 18.0. The highest BCUT2D eigenvalue weighted by Gasteiger charge is 2.21. The lowest BCUT2D eigenvalue weighted by Crippen LogP contribution is -2.17. The van der Waals surface area contributed by atoms with E-state index in [-0.39, 0.29) is 10.0 Å². The van der Waals surface area contributed by atoms with E-state index in [2.05, 4.69) is 15.5 Å². The van der Waals surface area contributed by atoms with E-state index in [4.69, 9.17) is 11.6 Å². The maximum Gasteiger partial charge on any atom is 0.180 e. The van der Waals surface area contributed by atoms with Gasteiger partial charge in [0.2, 0.25) is 0 Å². The first-order valence-electron chi connectivity index (χ1n) is 7.66. The van der Waals surface area contributed by atoms with Crippen molar-refractivity contribution in [2.24, 2.45) is 0 Å². The van der Waals surface area contributed by atoms with E-state index in [1.165, 1.54) is 16.9 Å². The molecule has 0 saturated heterocycles. The second kappa shape index (κ2) is 6.85. The molecule has 0 fully saturated rings. The van der Waals surface area contributed by atoms with Gasteiger partial charge in [0, 0.05) is 11.6 Å². The molecule has 0 atom stereocenters. The molecule has 2 heterocycles. The van der Waals surface area contributed by atoms with Crippen molar-refractivity contribution in [1.29, 1.82) is 0 Å². The summed E-state index contributed by atoms with van der Waals surface area (Å²) in [5.74, 6) is 0.299. The minimum Gasteiger partial charge on any atom is -0.261 e. The Bertz CT molecular complexity index is 985. The molecule has 1 N–H and O–H groups in total. The largest absolute Gasteiger partial charge is 0.261 e. The molecular weight excluding hydrogens is 360 g/mol. The highest BCUT2D eigenvalue weighted by atomic mass is 35.5. The smallest absolute Gasteiger partial charge is 0.180 e. The summed E-state index contributed by atoms with van der Waals surface area (Å²) in [6.45, 7) is 3.25. The quantitative estimate of drug-likeness (QED) is 0.687. The van der Waals surface area contributed by atoms with Crippen LogP contribution in [-0.4, -0.2) is 28.5 Å². The molecule has 0 saturated carbocycles. The fourth-order valence-electron chi connectivity index (χ4n) is 2.30. The van der Waals surface area contributed by atoms with Gasteiger partial charge < -0.3 is 0 Å². The number of rotatable bonds is 5. The van der Waals surface area contributed by atoms with Crippen LogP contribution < -0.4 is 5.43 Å². The van der Waals surface area contributed by atoms with Crippen molar-refractivity contribution in [3.05, 3.63) is 59.9 Å². The fraction of sp³-hybridized carbons (Fsp3) is 0.176. The van der Waals surface area contributed by atoms with E-state index in [0.717, 1.165) is 11.3 Å². The van der Waals surface area contributed by atoms with Gasteiger partial charge in [-0.05, 0) is 26.0 Å². The van der Waals surface area contributed by atoms with Crippen molar-refractivity contribution in [2.75, 3.05) is 5.43 Å². The van der Waals surface area contributed by atoms with Gasteiger partial charge in [-0.3, -0.25) is 5.43 Å². The molecular formula is C17H17ClN4O2S. The van der Waals surface area contributed by atoms with Gasteiger partial charge in [-0.2, -0.15) is 9.89 Å². The molecule has 8 heteroatoms. The Balaban J connectivity index is 1.98. The van der Waals surface area contributed by atoms with Crippen LogP contribution in [0.1, 0.15) is 13.8 Å². The Hall–Kier alpha value is -2.38. The summed E-state index contributed by atoms with van der Waals surface area (Å²) in [6.07, 6.45) is 1.64. The Kier molecular flexibility index (Phi) is 4.78. The van der Waals surface area contributed by atoms with Gasteiger partial charge in [-0.25, -0.2) is 13.4 Å². The Labute approximate surface area is 151 Å². The molecule has 2 aromatic heterocycles. The normalized spacial score (nSPS) is 11.7. The minimum absolute atomic E-state index is 0.0950. The van der Waals surface area contributed by atoms with Gasteiger partial charge in [0.1, 0.15) is 11.0 Å². The van der Waals surface area contributed by atoms with Crippen LogP contribution >= 0.6 is 11.6 Å². The first kappa shape index (κ1) is 17.4. The summed E-state index contributed by atoms with van der Waals surface area (Å²) < 4.78 is 24.8. The van der Waals surface area contributed by atoms with Crippen molar-refractivity contribution in [1.82, 2.24) is 14.9 Å². The zero-order valence-corrected chi connectivity index (χ0v) is 15.3. The van der Waals surface area contributed by atoms with Crippen LogP contribution in [0.3, 0.4) is 0 Å². The molecule has 25 heavy (non-hydrogen) atoms. The third kappa shape index (κ3) is 3.67. The highest BCUT2D eigenvalue weighted by molar-refractivity contribution is 7.92. The third-order valence-corrected chi connectivity index (χ3v) is 5.98. The van der Waals surface area contributed by atoms with E-state index in [9.17, 15) is 8.42 Å². The van der Waals surface area contributed by atoms with Gasteiger partial charge in [-0.1, -0.05) is 41.9 Å². The monoisotopic (exact) mass is 376 g/mol. The number of hydrogen-bond acceptors (Lipinski definition) is 5. The van der Waals surface area contributed by atoms with Crippen molar-refractivity contribution in [2.45, 2.75) is 24.0 Å². The SMILES string of the molecule is CC(C)S(=O)(=O)c1cc(Cl)nc(Nn2nccc2-c2ccccc2)c1. The number of halogens is 1. The molecule has 6 nitrogen and oxygen atoms in total. The fourth-order valence-corrected chi connectivity index (χ4v) is 3.66.